The lowest BCUT2D eigenvalue weighted by Crippen LogP contribution is -2.36. The normalized spacial score (nSPS) is 16.4. The zero-order valence-corrected chi connectivity index (χ0v) is 18.6. The van der Waals surface area contributed by atoms with Gasteiger partial charge in [0.15, 0.2) is 5.13 Å². The van der Waals surface area contributed by atoms with Crippen LogP contribution in [0.1, 0.15) is 18.4 Å². The molecule has 9 heteroatoms. The Balaban J connectivity index is 1.60. The third-order valence-electron chi connectivity index (χ3n) is 4.75. The number of nitrogens with zero attached hydrogens (tertiary/aromatic N) is 4. The smallest absolute Gasteiger partial charge is 0.252 e. The zero-order chi connectivity index (χ0) is 21.1. The molecule has 0 aliphatic carbocycles. The van der Waals surface area contributed by atoms with E-state index in [1.54, 1.807) is 40.1 Å². The number of halogens is 2. The molecule has 1 aliphatic rings. The van der Waals surface area contributed by atoms with Crippen LogP contribution in [0.2, 0.25) is 10.0 Å². The number of amides is 1. The van der Waals surface area contributed by atoms with Gasteiger partial charge in [-0.3, -0.25) is 14.4 Å². The van der Waals surface area contributed by atoms with Gasteiger partial charge in [0.25, 0.3) is 5.91 Å². The number of thiazole rings is 1. The molecule has 3 aromatic rings. The Kier molecular flexibility index (Phi) is 6.53. The van der Waals surface area contributed by atoms with Crippen molar-refractivity contribution in [1.82, 2.24) is 14.8 Å². The lowest BCUT2D eigenvalue weighted by molar-refractivity contribution is -0.114. The fraction of sp³-hybridized carbons (Fsp3) is 0.286. The lowest BCUT2D eigenvalue weighted by Gasteiger charge is -2.21. The standard InChI is InChI=1S/C21H20Cl2N4O2S/c1-26-11-14(10-24-26)4-7-20(28)27(12-16-3-2-8-29-16)21-25-19(13-30-21)17-6-5-15(22)9-18(17)23/h4-7,9-11,13,16H,2-3,8,12H2,1H3/b7-4+. The Morgan fingerprint density at radius 3 is 3.00 bits per heavy atom. The average molecular weight is 463 g/mol. The molecule has 6 nitrogen and oxygen atoms in total. The molecule has 0 radical (unpaired) electrons. The van der Waals surface area contributed by atoms with Gasteiger partial charge in [0.1, 0.15) is 0 Å². The molecule has 0 spiro atoms. The molecule has 0 saturated carbocycles. The lowest BCUT2D eigenvalue weighted by atomic mass is 10.2. The predicted molar refractivity (Wildman–Crippen MR) is 121 cm³/mol. The highest BCUT2D eigenvalue weighted by Crippen LogP contribution is 2.34. The van der Waals surface area contributed by atoms with Crippen LogP contribution >= 0.6 is 34.5 Å². The molecular formula is C21H20Cl2N4O2S. The van der Waals surface area contributed by atoms with Gasteiger partial charge in [-0.2, -0.15) is 5.10 Å². The van der Waals surface area contributed by atoms with Crippen LogP contribution in [-0.2, 0) is 16.6 Å². The van der Waals surface area contributed by atoms with E-state index < -0.39 is 0 Å². The maximum Gasteiger partial charge on any atom is 0.252 e. The highest BCUT2D eigenvalue weighted by molar-refractivity contribution is 7.14. The molecule has 1 amide bonds. The van der Waals surface area contributed by atoms with E-state index >= 15 is 0 Å². The predicted octanol–water partition coefficient (Wildman–Crippen LogP) is 5.08. The number of aryl methyl sites for hydroxylation is 1. The minimum Gasteiger partial charge on any atom is -0.376 e. The molecule has 4 rings (SSSR count). The second kappa shape index (κ2) is 9.31. The Morgan fingerprint density at radius 1 is 1.43 bits per heavy atom. The van der Waals surface area contributed by atoms with Gasteiger partial charge in [-0.15, -0.1) is 11.3 Å². The van der Waals surface area contributed by atoms with Crippen LogP contribution in [0.15, 0.2) is 42.0 Å². The Morgan fingerprint density at radius 2 is 2.30 bits per heavy atom. The second-order valence-corrected chi connectivity index (χ2v) is 8.68. The first kappa shape index (κ1) is 21.1. The zero-order valence-electron chi connectivity index (χ0n) is 16.3. The fourth-order valence-electron chi connectivity index (χ4n) is 3.25. The minimum absolute atomic E-state index is 0.00668. The third kappa shape index (κ3) is 4.92. The molecule has 1 aliphatic heterocycles. The number of rotatable bonds is 6. The molecule has 3 heterocycles. The van der Waals surface area contributed by atoms with Gasteiger partial charge in [0.05, 0.1) is 29.6 Å². The summed E-state index contributed by atoms with van der Waals surface area (Å²) in [5.74, 6) is -0.155. The van der Waals surface area contributed by atoms with Crippen LogP contribution < -0.4 is 4.90 Å². The van der Waals surface area contributed by atoms with Crippen LogP contribution in [0.3, 0.4) is 0 Å². The van der Waals surface area contributed by atoms with E-state index in [9.17, 15) is 4.79 Å². The first-order chi connectivity index (χ1) is 14.5. The quantitative estimate of drug-likeness (QED) is 0.479. The third-order valence-corrected chi connectivity index (χ3v) is 6.16. The van der Waals surface area contributed by atoms with Crippen LogP contribution in [0.25, 0.3) is 17.3 Å². The van der Waals surface area contributed by atoms with Gasteiger partial charge in [0, 0.05) is 47.5 Å². The van der Waals surface area contributed by atoms with Crippen molar-refractivity contribution >= 4 is 51.7 Å². The molecule has 1 saturated heterocycles. The monoisotopic (exact) mass is 462 g/mol. The van der Waals surface area contributed by atoms with Crippen molar-refractivity contribution in [3.8, 4) is 11.3 Å². The van der Waals surface area contributed by atoms with Gasteiger partial charge < -0.3 is 4.74 Å². The van der Waals surface area contributed by atoms with Crippen molar-refractivity contribution in [2.45, 2.75) is 18.9 Å². The van der Waals surface area contributed by atoms with Crippen molar-refractivity contribution in [2.75, 3.05) is 18.1 Å². The van der Waals surface area contributed by atoms with E-state index in [-0.39, 0.29) is 12.0 Å². The van der Waals surface area contributed by atoms with Crippen LogP contribution in [0, 0.1) is 0 Å². The minimum atomic E-state index is -0.155. The van der Waals surface area contributed by atoms with Crippen LogP contribution in [0.4, 0.5) is 5.13 Å². The average Bonchev–Trinajstić information content (AvgIpc) is 3.46. The largest absolute Gasteiger partial charge is 0.376 e. The number of ether oxygens (including phenoxy) is 1. The second-order valence-electron chi connectivity index (χ2n) is 7.00. The van der Waals surface area contributed by atoms with Gasteiger partial charge in [0.2, 0.25) is 0 Å². The fourth-order valence-corrected chi connectivity index (χ4v) is 4.59. The summed E-state index contributed by atoms with van der Waals surface area (Å²) in [4.78, 5) is 19.4. The van der Waals surface area contributed by atoms with Crippen LogP contribution in [-0.4, -0.2) is 39.9 Å². The van der Waals surface area contributed by atoms with Crippen molar-refractivity contribution in [3.05, 3.63) is 57.7 Å². The summed E-state index contributed by atoms with van der Waals surface area (Å²) in [5, 5.41) is 7.70. The number of anilines is 1. The van der Waals surface area contributed by atoms with E-state index in [4.69, 9.17) is 27.9 Å². The first-order valence-corrected chi connectivity index (χ1v) is 11.1. The Bertz CT molecular complexity index is 1070. The summed E-state index contributed by atoms with van der Waals surface area (Å²) in [6.07, 6.45) is 8.78. The van der Waals surface area contributed by atoms with Gasteiger partial charge in [-0.05, 0) is 37.1 Å². The summed E-state index contributed by atoms with van der Waals surface area (Å²) in [7, 11) is 1.84. The van der Waals surface area contributed by atoms with Gasteiger partial charge >= 0.3 is 0 Å². The summed E-state index contributed by atoms with van der Waals surface area (Å²) in [5.41, 5.74) is 2.34. The molecule has 1 aromatic carbocycles. The maximum atomic E-state index is 13.0. The van der Waals surface area contributed by atoms with E-state index in [1.807, 2.05) is 24.7 Å². The number of aromatic nitrogens is 3. The van der Waals surface area contributed by atoms with Gasteiger partial charge in [-0.25, -0.2) is 4.98 Å². The van der Waals surface area contributed by atoms with E-state index in [1.165, 1.54) is 11.3 Å². The number of carbonyl (C=O) groups excluding carboxylic acids is 1. The highest BCUT2D eigenvalue weighted by Gasteiger charge is 2.25. The summed E-state index contributed by atoms with van der Waals surface area (Å²) < 4.78 is 7.45. The molecule has 1 atom stereocenters. The summed E-state index contributed by atoms with van der Waals surface area (Å²) >= 11 is 13.7. The number of hydrogen-bond acceptors (Lipinski definition) is 5. The molecule has 2 aromatic heterocycles. The Hall–Kier alpha value is -2.19. The van der Waals surface area contributed by atoms with Crippen molar-refractivity contribution in [2.24, 2.45) is 7.05 Å². The SMILES string of the molecule is Cn1cc(/C=C/C(=O)N(CC2CCCO2)c2nc(-c3ccc(Cl)cc3Cl)cs2)cn1. The molecule has 0 bridgehead atoms. The van der Waals surface area contributed by atoms with Gasteiger partial charge in [-0.1, -0.05) is 23.2 Å². The summed E-state index contributed by atoms with van der Waals surface area (Å²) in [6.45, 7) is 1.18. The summed E-state index contributed by atoms with van der Waals surface area (Å²) in [6, 6.07) is 5.29. The molecule has 156 valence electrons. The van der Waals surface area contributed by atoms with E-state index in [0.29, 0.717) is 27.4 Å². The first-order valence-electron chi connectivity index (χ1n) is 9.50. The van der Waals surface area contributed by atoms with E-state index in [2.05, 4.69) is 10.1 Å². The van der Waals surface area contributed by atoms with Crippen LogP contribution in [0.5, 0.6) is 0 Å². The number of carbonyl (C=O) groups is 1. The molecule has 1 fully saturated rings. The van der Waals surface area contributed by atoms with Crippen molar-refractivity contribution in [1.29, 1.82) is 0 Å². The maximum absolute atomic E-state index is 13.0. The molecule has 0 N–H and O–H groups in total. The molecule has 1 unspecified atom stereocenters. The highest BCUT2D eigenvalue weighted by atomic mass is 35.5. The number of benzene rings is 1. The van der Waals surface area contributed by atoms with Crippen molar-refractivity contribution < 1.29 is 9.53 Å². The molecular weight excluding hydrogens is 443 g/mol. The van der Waals surface area contributed by atoms with E-state index in [0.717, 1.165) is 30.6 Å². The topological polar surface area (TPSA) is 60.2 Å². The molecule has 30 heavy (non-hydrogen) atoms. The number of hydrogen-bond donors (Lipinski definition) is 0. The Labute approximate surface area is 188 Å². The van der Waals surface area contributed by atoms with Crippen molar-refractivity contribution in [3.63, 3.8) is 0 Å².